The first-order valence-electron chi connectivity index (χ1n) is 8.12. The number of aromatic nitrogens is 3. The third-order valence-corrected chi connectivity index (χ3v) is 4.90. The van der Waals surface area contributed by atoms with Crippen molar-refractivity contribution >= 4 is 34.8 Å². The van der Waals surface area contributed by atoms with Gasteiger partial charge in [-0.2, -0.15) is 0 Å². The maximum atomic E-state index is 13.8. The van der Waals surface area contributed by atoms with E-state index < -0.39 is 28.8 Å². The van der Waals surface area contributed by atoms with Crippen molar-refractivity contribution in [3.8, 4) is 0 Å². The van der Waals surface area contributed by atoms with Crippen molar-refractivity contribution in [1.82, 2.24) is 15.2 Å². The standard InChI is InChI=1S/C18H12F3N5O2S/c19-9-4-10(20)16(11(21)5-9)17(28)8-3-13(24-7-8)14(27)1-2-15-25-26-18(29-15)12(23)6-22/h3-7,22-24H,1-2H2. The summed E-state index contributed by atoms with van der Waals surface area (Å²) < 4.78 is 40.6. The van der Waals surface area contributed by atoms with Crippen molar-refractivity contribution in [2.75, 3.05) is 0 Å². The Balaban J connectivity index is 1.70. The number of ketones is 2. The van der Waals surface area contributed by atoms with E-state index in [1.807, 2.05) is 0 Å². The summed E-state index contributed by atoms with van der Waals surface area (Å²) >= 11 is 1.09. The normalized spacial score (nSPS) is 10.7. The number of hydrogen-bond acceptors (Lipinski definition) is 7. The number of rotatable bonds is 8. The zero-order valence-corrected chi connectivity index (χ0v) is 15.4. The largest absolute Gasteiger partial charge is 0.358 e. The minimum Gasteiger partial charge on any atom is -0.358 e. The predicted molar refractivity (Wildman–Crippen MR) is 98.7 cm³/mol. The Morgan fingerprint density at radius 2 is 1.83 bits per heavy atom. The summed E-state index contributed by atoms with van der Waals surface area (Å²) in [5.74, 6) is -5.19. The molecule has 2 heterocycles. The van der Waals surface area contributed by atoms with E-state index in [0.717, 1.165) is 23.7 Å². The van der Waals surface area contributed by atoms with Crippen LogP contribution >= 0.6 is 11.3 Å². The summed E-state index contributed by atoms with van der Waals surface area (Å²) in [5.41, 5.74) is -1.07. The van der Waals surface area contributed by atoms with Crippen molar-refractivity contribution in [2.24, 2.45) is 0 Å². The molecule has 3 N–H and O–H groups in total. The highest BCUT2D eigenvalue weighted by Crippen LogP contribution is 2.20. The van der Waals surface area contributed by atoms with E-state index in [1.54, 1.807) is 0 Å². The molecule has 29 heavy (non-hydrogen) atoms. The number of nitrogens with one attached hydrogen (secondary N) is 3. The second-order valence-electron chi connectivity index (χ2n) is 5.86. The lowest BCUT2D eigenvalue weighted by Gasteiger charge is -2.02. The predicted octanol–water partition coefficient (Wildman–Crippen LogP) is 3.35. The first-order valence-corrected chi connectivity index (χ1v) is 8.94. The van der Waals surface area contributed by atoms with Crippen LogP contribution in [0.15, 0.2) is 24.4 Å². The van der Waals surface area contributed by atoms with Crippen LogP contribution in [0.25, 0.3) is 0 Å². The molecule has 3 rings (SSSR count). The number of halogens is 3. The number of hydrogen-bond donors (Lipinski definition) is 3. The average molecular weight is 419 g/mol. The molecule has 0 fully saturated rings. The first kappa shape index (κ1) is 20.3. The van der Waals surface area contributed by atoms with E-state index >= 15 is 0 Å². The van der Waals surface area contributed by atoms with Crippen LogP contribution in [0.5, 0.6) is 0 Å². The fourth-order valence-corrected chi connectivity index (χ4v) is 3.23. The van der Waals surface area contributed by atoms with Crippen LogP contribution in [0.3, 0.4) is 0 Å². The molecule has 148 valence electrons. The molecule has 0 saturated heterocycles. The molecule has 3 aromatic rings. The lowest BCUT2D eigenvalue weighted by atomic mass is 10.0. The van der Waals surface area contributed by atoms with E-state index in [2.05, 4.69) is 15.2 Å². The highest BCUT2D eigenvalue weighted by atomic mass is 32.1. The number of nitrogens with zero attached hydrogens (tertiary/aromatic N) is 2. The van der Waals surface area contributed by atoms with Gasteiger partial charge in [0, 0.05) is 42.9 Å². The topological polar surface area (TPSA) is 123 Å². The molecule has 0 bridgehead atoms. The molecule has 2 aromatic heterocycles. The van der Waals surface area contributed by atoms with Gasteiger partial charge < -0.3 is 10.4 Å². The number of carbonyl (C=O) groups is 2. The molecule has 7 nitrogen and oxygen atoms in total. The van der Waals surface area contributed by atoms with E-state index in [1.165, 1.54) is 6.07 Å². The van der Waals surface area contributed by atoms with Gasteiger partial charge in [-0.1, -0.05) is 11.3 Å². The van der Waals surface area contributed by atoms with Gasteiger partial charge in [-0.05, 0) is 6.07 Å². The van der Waals surface area contributed by atoms with Gasteiger partial charge in [-0.3, -0.25) is 15.0 Å². The third-order valence-electron chi connectivity index (χ3n) is 3.89. The Morgan fingerprint density at radius 3 is 2.48 bits per heavy atom. The summed E-state index contributed by atoms with van der Waals surface area (Å²) in [6, 6.07) is 1.98. The van der Waals surface area contributed by atoms with Crippen LogP contribution in [0.4, 0.5) is 13.2 Å². The van der Waals surface area contributed by atoms with Crippen molar-refractivity contribution < 1.29 is 22.8 Å². The SMILES string of the molecule is N=CC(=N)c1nnc(CCC(=O)c2cc(C(=O)c3c(F)cc(F)cc3F)c[nH]2)s1. The molecular weight excluding hydrogens is 407 g/mol. The molecule has 0 aliphatic heterocycles. The van der Waals surface area contributed by atoms with Crippen molar-refractivity contribution in [2.45, 2.75) is 12.8 Å². The summed E-state index contributed by atoms with van der Waals surface area (Å²) in [6.45, 7) is 0. The van der Waals surface area contributed by atoms with Gasteiger partial charge in [0.1, 0.15) is 28.2 Å². The zero-order valence-electron chi connectivity index (χ0n) is 14.6. The average Bonchev–Trinajstić information content (AvgIpc) is 3.34. The van der Waals surface area contributed by atoms with Crippen molar-refractivity contribution in [1.29, 1.82) is 10.8 Å². The van der Waals surface area contributed by atoms with Crippen molar-refractivity contribution in [3.05, 3.63) is 68.7 Å². The number of aryl methyl sites for hydroxylation is 1. The molecule has 0 aliphatic rings. The van der Waals surface area contributed by atoms with Crippen LogP contribution in [0, 0.1) is 28.3 Å². The lowest BCUT2D eigenvalue weighted by Crippen LogP contribution is -2.07. The minimum atomic E-state index is -1.33. The van der Waals surface area contributed by atoms with Gasteiger partial charge >= 0.3 is 0 Å². The van der Waals surface area contributed by atoms with Gasteiger partial charge in [0.15, 0.2) is 16.6 Å². The maximum absolute atomic E-state index is 13.8. The molecule has 0 atom stereocenters. The van der Waals surface area contributed by atoms with E-state index in [9.17, 15) is 22.8 Å². The minimum absolute atomic E-state index is 0.0139. The zero-order chi connectivity index (χ0) is 21.1. The lowest BCUT2D eigenvalue weighted by molar-refractivity contribution is 0.0978. The smallest absolute Gasteiger partial charge is 0.200 e. The van der Waals surface area contributed by atoms with Gasteiger partial charge in [0.05, 0.1) is 11.3 Å². The highest BCUT2D eigenvalue weighted by molar-refractivity contribution is 7.14. The molecule has 0 unspecified atom stereocenters. The molecule has 0 amide bonds. The van der Waals surface area contributed by atoms with Crippen LogP contribution in [-0.2, 0) is 6.42 Å². The molecule has 11 heteroatoms. The maximum Gasteiger partial charge on any atom is 0.200 e. The second-order valence-corrected chi connectivity index (χ2v) is 6.92. The van der Waals surface area contributed by atoms with Gasteiger partial charge in [-0.15, -0.1) is 10.2 Å². The Kier molecular flexibility index (Phi) is 5.78. The summed E-state index contributed by atoms with van der Waals surface area (Å²) in [4.78, 5) is 27.2. The number of benzene rings is 1. The second kappa shape index (κ2) is 8.27. The molecule has 0 spiro atoms. The molecular formula is C18H12F3N5O2S. The van der Waals surface area contributed by atoms with E-state index in [-0.39, 0.29) is 40.6 Å². The Labute approximate surface area is 165 Å². The fraction of sp³-hybridized carbons (Fsp3) is 0.111. The fourth-order valence-electron chi connectivity index (χ4n) is 2.47. The summed E-state index contributed by atoms with van der Waals surface area (Å²) in [6.07, 6.45) is 2.22. The molecule has 0 aliphatic carbocycles. The van der Waals surface area contributed by atoms with Crippen LogP contribution in [-0.4, -0.2) is 38.7 Å². The van der Waals surface area contributed by atoms with Gasteiger partial charge in [-0.25, -0.2) is 13.2 Å². The van der Waals surface area contributed by atoms with E-state index in [0.29, 0.717) is 17.1 Å². The van der Waals surface area contributed by atoms with Crippen molar-refractivity contribution in [3.63, 3.8) is 0 Å². The van der Waals surface area contributed by atoms with E-state index in [4.69, 9.17) is 10.8 Å². The number of carbonyl (C=O) groups excluding carboxylic acids is 2. The quantitative estimate of drug-likeness (QED) is 0.383. The third kappa shape index (κ3) is 4.35. The Morgan fingerprint density at radius 1 is 1.14 bits per heavy atom. The Bertz CT molecular complexity index is 1120. The molecule has 0 saturated carbocycles. The first-order chi connectivity index (χ1) is 13.8. The molecule has 0 radical (unpaired) electrons. The van der Waals surface area contributed by atoms with Crippen LogP contribution < -0.4 is 0 Å². The van der Waals surface area contributed by atoms with Gasteiger partial charge in [0.25, 0.3) is 0 Å². The van der Waals surface area contributed by atoms with Crippen LogP contribution in [0.1, 0.15) is 42.8 Å². The number of H-pyrrole nitrogens is 1. The highest BCUT2D eigenvalue weighted by Gasteiger charge is 2.22. The van der Waals surface area contributed by atoms with Crippen LogP contribution in [0.2, 0.25) is 0 Å². The number of aromatic amines is 1. The summed E-state index contributed by atoms with van der Waals surface area (Å²) in [7, 11) is 0. The summed E-state index contributed by atoms with van der Waals surface area (Å²) in [5, 5.41) is 22.9. The van der Waals surface area contributed by atoms with Gasteiger partial charge in [0.2, 0.25) is 0 Å². The Hall–Kier alpha value is -3.47. The molecule has 1 aromatic carbocycles. The number of Topliss-reactive ketones (excluding diaryl/α,β-unsaturated/α-hetero) is 1. The monoisotopic (exact) mass is 419 g/mol.